The van der Waals surface area contributed by atoms with Gasteiger partial charge in [-0.05, 0) is 24.3 Å². The second kappa shape index (κ2) is 11.8. The first kappa shape index (κ1) is 26.3. The summed E-state index contributed by atoms with van der Waals surface area (Å²) in [4.78, 5) is 35.4. The number of methoxy groups -OCH3 is 1. The number of carboxylic acid groups (broad SMARTS) is 1. The lowest BCUT2D eigenvalue weighted by atomic mass is 10.1. The van der Waals surface area contributed by atoms with Crippen molar-refractivity contribution in [3.8, 4) is 5.75 Å². The molecule has 2 aromatic carbocycles. The third-order valence-electron chi connectivity index (χ3n) is 4.55. The van der Waals surface area contributed by atoms with E-state index in [-0.39, 0.29) is 29.4 Å². The van der Waals surface area contributed by atoms with E-state index in [1.807, 2.05) is 4.72 Å². The highest BCUT2D eigenvalue weighted by molar-refractivity contribution is 7.89. The number of amides is 2. The molecule has 12 nitrogen and oxygen atoms in total. The van der Waals surface area contributed by atoms with Crippen LogP contribution in [0.5, 0.6) is 5.75 Å². The van der Waals surface area contributed by atoms with E-state index in [1.165, 1.54) is 49.6 Å². The number of carbonyl (C=O) groups excluding carboxylic acids is 2. The second-order valence-electron chi connectivity index (χ2n) is 6.96. The van der Waals surface area contributed by atoms with Crippen molar-refractivity contribution < 1.29 is 32.6 Å². The predicted octanol–water partition coefficient (Wildman–Crippen LogP) is -0.353. The summed E-state index contributed by atoms with van der Waals surface area (Å²) in [6, 6.07) is 10.1. The normalized spacial score (nSPS) is 11.8. The average Bonchev–Trinajstić information content (AvgIpc) is 2.81. The van der Waals surface area contributed by atoms with Crippen LogP contribution in [0, 0.1) is 5.41 Å². The molecular formula is C21H25N5O7S. The molecule has 7 N–H and O–H groups in total. The highest BCUT2D eigenvalue weighted by atomic mass is 32.2. The van der Waals surface area contributed by atoms with E-state index in [0.717, 1.165) is 0 Å². The molecule has 34 heavy (non-hydrogen) atoms. The van der Waals surface area contributed by atoms with Crippen LogP contribution in [0.3, 0.4) is 0 Å². The average molecular weight is 492 g/mol. The zero-order valence-corrected chi connectivity index (χ0v) is 19.0. The van der Waals surface area contributed by atoms with Crippen molar-refractivity contribution in [2.24, 2.45) is 5.73 Å². The van der Waals surface area contributed by atoms with Gasteiger partial charge in [0.2, 0.25) is 15.9 Å². The third-order valence-corrected chi connectivity index (χ3v) is 6.06. The minimum atomic E-state index is -4.25. The number of nitrogens with one attached hydrogen (secondary N) is 4. The van der Waals surface area contributed by atoms with E-state index in [0.29, 0.717) is 11.1 Å². The number of para-hydroxylation sites is 1. The van der Waals surface area contributed by atoms with Crippen LogP contribution >= 0.6 is 0 Å². The fourth-order valence-corrected chi connectivity index (χ4v) is 4.13. The smallest absolute Gasteiger partial charge is 0.323 e. The maximum Gasteiger partial charge on any atom is 0.323 e. The van der Waals surface area contributed by atoms with Crippen molar-refractivity contribution in [3.05, 3.63) is 59.7 Å². The number of nitrogen functional groups attached to an aromatic ring is 1. The Bertz CT molecular complexity index is 1170. The van der Waals surface area contributed by atoms with Crippen LogP contribution in [0.4, 0.5) is 0 Å². The molecule has 1 atom stereocenters. The Morgan fingerprint density at radius 1 is 1.06 bits per heavy atom. The SMILES string of the molecule is COc1ccccc1S(=O)(=O)NC(CNC(=O)CCNC(=O)c1ccc(C(=N)N)cc1)C(=O)O. The molecule has 0 aliphatic heterocycles. The van der Waals surface area contributed by atoms with Gasteiger partial charge in [0.1, 0.15) is 22.5 Å². The molecule has 2 rings (SSSR count). The van der Waals surface area contributed by atoms with Gasteiger partial charge in [0.15, 0.2) is 0 Å². The van der Waals surface area contributed by atoms with Crippen molar-refractivity contribution in [2.45, 2.75) is 17.4 Å². The molecule has 0 spiro atoms. The van der Waals surface area contributed by atoms with Crippen molar-refractivity contribution >= 4 is 33.6 Å². The Kier molecular flexibility index (Phi) is 9.10. The fourth-order valence-electron chi connectivity index (χ4n) is 2.77. The Labute approximate surface area is 196 Å². The summed E-state index contributed by atoms with van der Waals surface area (Å²) in [6.07, 6.45) is -0.164. The van der Waals surface area contributed by atoms with Gasteiger partial charge < -0.3 is 26.2 Å². The molecule has 0 bridgehead atoms. The molecule has 0 aromatic heterocycles. The lowest BCUT2D eigenvalue weighted by Crippen LogP contribution is -2.48. The Morgan fingerprint density at radius 2 is 1.68 bits per heavy atom. The van der Waals surface area contributed by atoms with Gasteiger partial charge in [-0.3, -0.25) is 19.8 Å². The molecule has 0 aliphatic rings. The van der Waals surface area contributed by atoms with Crippen molar-refractivity contribution in [1.29, 1.82) is 5.41 Å². The quantitative estimate of drug-likeness (QED) is 0.171. The predicted molar refractivity (Wildman–Crippen MR) is 122 cm³/mol. The van der Waals surface area contributed by atoms with Crippen molar-refractivity contribution in [2.75, 3.05) is 20.2 Å². The van der Waals surface area contributed by atoms with Crippen LogP contribution in [0.1, 0.15) is 22.3 Å². The molecule has 2 aromatic rings. The third kappa shape index (κ3) is 7.28. The van der Waals surface area contributed by atoms with E-state index in [9.17, 15) is 27.9 Å². The number of carbonyl (C=O) groups is 3. The highest BCUT2D eigenvalue weighted by Gasteiger charge is 2.27. The van der Waals surface area contributed by atoms with E-state index < -0.39 is 40.4 Å². The first-order valence-corrected chi connectivity index (χ1v) is 11.4. The standard InChI is InChI=1S/C21H25N5O7S/c1-33-16-4-2-3-5-17(16)34(31,32)26-15(21(29)30)12-25-18(27)10-11-24-20(28)14-8-6-13(7-9-14)19(22)23/h2-9,15,26H,10-12H2,1H3,(H3,22,23)(H,24,28)(H,25,27)(H,29,30). The highest BCUT2D eigenvalue weighted by Crippen LogP contribution is 2.22. The van der Waals surface area contributed by atoms with Gasteiger partial charge in [0.05, 0.1) is 7.11 Å². The molecule has 2 amide bonds. The van der Waals surface area contributed by atoms with Crippen LogP contribution in [-0.2, 0) is 19.6 Å². The first-order chi connectivity index (χ1) is 16.0. The Balaban J connectivity index is 1.87. The molecule has 1 unspecified atom stereocenters. The number of aliphatic carboxylic acids is 1. The first-order valence-electron chi connectivity index (χ1n) is 9.92. The summed E-state index contributed by atoms with van der Waals surface area (Å²) in [5.41, 5.74) is 6.13. The molecule has 0 saturated carbocycles. The zero-order chi connectivity index (χ0) is 25.3. The minimum absolute atomic E-state index is 0.0369. The molecule has 13 heteroatoms. The van der Waals surface area contributed by atoms with E-state index in [4.69, 9.17) is 15.9 Å². The van der Waals surface area contributed by atoms with Gasteiger partial charge in [-0.15, -0.1) is 0 Å². The largest absolute Gasteiger partial charge is 0.495 e. The molecule has 182 valence electrons. The molecule has 0 aliphatic carbocycles. The summed E-state index contributed by atoms with van der Waals surface area (Å²) in [7, 11) is -2.97. The van der Waals surface area contributed by atoms with Gasteiger partial charge in [0.25, 0.3) is 5.91 Å². The number of rotatable bonds is 12. The summed E-state index contributed by atoms with van der Waals surface area (Å²) >= 11 is 0. The van der Waals surface area contributed by atoms with Gasteiger partial charge in [-0.2, -0.15) is 4.72 Å². The maximum absolute atomic E-state index is 12.6. The van der Waals surface area contributed by atoms with Gasteiger partial charge in [-0.1, -0.05) is 24.3 Å². The van der Waals surface area contributed by atoms with Gasteiger partial charge in [-0.25, -0.2) is 8.42 Å². The summed E-state index contributed by atoms with van der Waals surface area (Å²) in [5.74, 6) is -2.62. The Hall–Kier alpha value is -3.97. The van der Waals surface area contributed by atoms with Gasteiger partial charge >= 0.3 is 5.97 Å². The Morgan fingerprint density at radius 3 is 2.26 bits per heavy atom. The number of carboxylic acids is 1. The lowest BCUT2D eigenvalue weighted by Gasteiger charge is -2.17. The van der Waals surface area contributed by atoms with Crippen molar-refractivity contribution in [3.63, 3.8) is 0 Å². The number of ether oxygens (including phenoxy) is 1. The van der Waals surface area contributed by atoms with Crippen LogP contribution in [0.2, 0.25) is 0 Å². The summed E-state index contributed by atoms with van der Waals surface area (Å²) in [6.45, 7) is -0.549. The van der Waals surface area contributed by atoms with Gasteiger partial charge in [0, 0.05) is 30.6 Å². The number of hydrogen-bond acceptors (Lipinski definition) is 7. The number of nitrogens with two attached hydrogens (primary N) is 1. The number of hydrogen-bond donors (Lipinski definition) is 6. The topological polar surface area (TPSA) is 201 Å². The minimum Gasteiger partial charge on any atom is -0.495 e. The molecular weight excluding hydrogens is 466 g/mol. The van der Waals surface area contributed by atoms with E-state index in [1.54, 1.807) is 6.07 Å². The molecule has 0 saturated heterocycles. The van der Waals surface area contributed by atoms with Crippen LogP contribution in [0.15, 0.2) is 53.4 Å². The van der Waals surface area contributed by atoms with E-state index in [2.05, 4.69) is 10.6 Å². The van der Waals surface area contributed by atoms with Crippen LogP contribution in [-0.4, -0.2) is 63.4 Å². The summed E-state index contributed by atoms with van der Waals surface area (Å²) < 4.78 is 32.2. The molecule has 0 radical (unpaired) electrons. The zero-order valence-electron chi connectivity index (χ0n) is 18.2. The number of benzene rings is 2. The number of sulfonamides is 1. The number of amidine groups is 1. The summed E-state index contributed by atoms with van der Waals surface area (Å²) in [5, 5.41) is 21.6. The second-order valence-corrected chi connectivity index (χ2v) is 8.65. The monoisotopic (exact) mass is 491 g/mol. The van der Waals surface area contributed by atoms with Crippen molar-refractivity contribution in [1.82, 2.24) is 15.4 Å². The molecule has 0 fully saturated rings. The molecule has 0 heterocycles. The van der Waals surface area contributed by atoms with Crippen LogP contribution < -0.4 is 25.8 Å². The van der Waals surface area contributed by atoms with Crippen LogP contribution in [0.25, 0.3) is 0 Å². The maximum atomic E-state index is 12.6. The fraction of sp³-hybridized carbons (Fsp3) is 0.238. The lowest BCUT2D eigenvalue weighted by molar-refractivity contribution is -0.138. The van der Waals surface area contributed by atoms with E-state index >= 15 is 0 Å².